The van der Waals surface area contributed by atoms with Gasteiger partial charge in [0.25, 0.3) is 5.91 Å². The van der Waals surface area contributed by atoms with Gasteiger partial charge >= 0.3 is 0 Å². The number of rotatable bonds is 5. The van der Waals surface area contributed by atoms with Crippen LogP contribution < -0.4 is 11.1 Å². The molecule has 1 aromatic carbocycles. The molecule has 0 aliphatic heterocycles. The molecule has 0 aromatic heterocycles. The molecule has 0 unspecified atom stereocenters. The summed E-state index contributed by atoms with van der Waals surface area (Å²) >= 11 is 0. The zero-order valence-electron chi connectivity index (χ0n) is 12.0. The lowest BCUT2D eigenvalue weighted by Gasteiger charge is -2.31. The molecular formula is C14H21N3O3. The van der Waals surface area contributed by atoms with Crippen molar-refractivity contribution in [3.05, 3.63) is 29.3 Å². The fourth-order valence-corrected chi connectivity index (χ4v) is 2.08. The Morgan fingerprint density at radius 2 is 2.00 bits per heavy atom. The Labute approximate surface area is 118 Å². The van der Waals surface area contributed by atoms with E-state index in [-0.39, 0.29) is 17.1 Å². The molecule has 0 atom stereocenters. The Morgan fingerprint density at radius 3 is 2.50 bits per heavy atom. The van der Waals surface area contributed by atoms with E-state index in [0.717, 1.165) is 0 Å². The highest BCUT2D eigenvalue weighted by Crippen LogP contribution is 2.23. The van der Waals surface area contributed by atoms with Gasteiger partial charge in [0.15, 0.2) is 5.84 Å². The number of carbonyl (C=O) groups excluding carboxylic acids is 1. The van der Waals surface area contributed by atoms with Crippen molar-refractivity contribution in [2.24, 2.45) is 10.9 Å². The van der Waals surface area contributed by atoms with Crippen LogP contribution in [0.3, 0.4) is 0 Å². The van der Waals surface area contributed by atoms with Crippen LogP contribution in [0.15, 0.2) is 23.4 Å². The van der Waals surface area contributed by atoms with Crippen molar-refractivity contribution < 1.29 is 15.1 Å². The largest absolute Gasteiger partial charge is 0.507 e. The first kappa shape index (κ1) is 15.8. The average Bonchev–Trinajstić information content (AvgIpc) is 2.46. The van der Waals surface area contributed by atoms with Gasteiger partial charge in [0.1, 0.15) is 11.3 Å². The molecule has 6 nitrogen and oxygen atoms in total. The van der Waals surface area contributed by atoms with Gasteiger partial charge in [0.2, 0.25) is 0 Å². The maximum absolute atomic E-state index is 12.3. The third kappa shape index (κ3) is 2.84. The van der Waals surface area contributed by atoms with E-state index < -0.39 is 11.4 Å². The van der Waals surface area contributed by atoms with Crippen LogP contribution in [-0.4, -0.2) is 27.6 Å². The van der Waals surface area contributed by atoms with Gasteiger partial charge in [-0.1, -0.05) is 31.1 Å². The first-order valence-electron chi connectivity index (χ1n) is 6.51. The van der Waals surface area contributed by atoms with Crippen molar-refractivity contribution in [3.63, 3.8) is 0 Å². The highest BCUT2D eigenvalue weighted by molar-refractivity contribution is 6.02. The minimum absolute atomic E-state index is 0.0528. The molecule has 0 saturated heterocycles. The summed E-state index contributed by atoms with van der Waals surface area (Å²) in [6.07, 6.45) is 0.940. The Kier molecular flexibility index (Phi) is 4.96. The molecule has 1 aromatic rings. The van der Waals surface area contributed by atoms with Gasteiger partial charge < -0.3 is 21.4 Å². The van der Waals surface area contributed by atoms with Crippen LogP contribution in [0.1, 0.15) is 42.6 Å². The molecule has 0 aliphatic carbocycles. The molecule has 0 aliphatic rings. The van der Waals surface area contributed by atoms with Crippen molar-refractivity contribution in [2.45, 2.75) is 39.2 Å². The number of nitrogens with zero attached hydrogens (tertiary/aromatic N) is 1. The molecule has 110 valence electrons. The quantitative estimate of drug-likeness (QED) is 0.285. The molecule has 1 amide bonds. The second-order valence-corrected chi connectivity index (χ2v) is 4.70. The third-order valence-corrected chi connectivity index (χ3v) is 3.64. The van der Waals surface area contributed by atoms with Crippen molar-refractivity contribution >= 4 is 11.7 Å². The Bertz CT molecular complexity index is 522. The fourth-order valence-electron chi connectivity index (χ4n) is 2.08. The van der Waals surface area contributed by atoms with Crippen LogP contribution in [-0.2, 0) is 0 Å². The van der Waals surface area contributed by atoms with Gasteiger partial charge in [-0.3, -0.25) is 4.79 Å². The second-order valence-electron chi connectivity index (χ2n) is 4.70. The molecular weight excluding hydrogens is 258 g/mol. The average molecular weight is 279 g/mol. The van der Waals surface area contributed by atoms with Crippen molar-refractivity contribution in [3.8, 4) is 5.75 Å². The predicted octanol–water partition coefficient (Wildman–Crippen LogP) is 1.74. The monoisotopic (exact) mass is 279 g/mol. The SMILES string of the molecule is CCC(CC)(NC(=O)c1cccc(C)c1O)/C(N)=N/O. The number of nitrogens with two attached hydrogens (primary N) is 1. The number of oxime groups is 1. The van der Waals surface area contributed by atoms with E-state index in [1.807, 2.05) is 13.8 Å². The van der Waals surface area contributed by atoms with Gasteiger partial charge in [0, 0.05) is 0 Å². The molecule has 6 heteroatoms. The number of aromatic hydroxyl groups is 1. The number of nitrogens with one attached hydrogen (secondary N) is 1. The number of amides is 1. The van der Waals surface area contributed by atoms with E-state index in [1.54, 1.807) is 19.1 Å². The van der Waals surface area contributed by atoms with Crippen LogP contribution in [0.2, 0.25) is 0 Å². The number of amidine groups is 1. The van der Waals surface area contributed by atoms with E-state index in [2.05, 4.69) is 10.5 Å². The minimum Gasteiger partial charge on any atom is -0.507 e. The minimum atomic E-state index is -0.929. The lowest BCUT2D eigenvalue weighted by molar-refractivity contribution is 0.0915. The number of hydrogen-bond acceptors (Lipinski definition) is 4. The number of phenols is 1. The normalized spacial score (nSPS) is 12.2. The predicted molar refractivity (Wildman–Crippen MR) is 77.0 cm³/mol. The zero-order chi connectivity index (χ0) is 15.3. The number of aryl methyl sites for hydroxylation is 1. The van der Waals surface area contributed by atoms with Gasteiger partial charge in [-0.15, -0.1) is 0 Å². The number of para-hydroxylation sites is 1. The van der Waals surface area contributed by atoms with Gasteiger partial charge in [0.05, 0.1) is 5.56 Å². The summed E-state index contributed by atoms with van der Waals surface area (Å²) < 4.78 is 0. The van der Waals surface area contributed by atoms with Crippen molar-refractivity contribution in [1.29, 1.82) is 0 Å². The third-order valence-electron chi connectivity index (χ3n) is 3.64. The summed E-state index contributed by atoms with van der Waals surface area (Å²) in [7, 11) is 0. The molecule has 0 heterocycles. The van der Waals surface area contributed by atoms with Gasteiger partial charge in [-0.05, 0) is 31.4 Å². The molecule has 0 fully saturated rings. The summed E-state index contributed by atoms with van der Waals surface area (Å²) in [5.74, 6) is -0.574. The first-order valence-corrected chi connectivity index (χ1v) is 6.51. The number of hydrogen-bond donors (Lipinski definition) is 4. The lowest BCUT2D eigenvalue weighted by Crippen LogP contribution is -2.56. The zero-order valence-corrected chi connectivity index (χ0v) is 12.0. The van der Waals surface area contributed by atoms with Crippen LogP contribution in [0.5, 0.6) is 5.75 Å². The summed E-state index contributed by atoms with van der Waals surface area (Å²) in [5, 5.41) is 24.6. The van der Waals surface area contributed by atoms with E-state index in [4.69, 9.17) is 10.9 Å². The molecule has 1 rings (SSSR count). The molecule has 0 saturated carbocycles. The van der Waals surface area contributed by atoms with Crippen molar-refractivity contribution in [1.82, 2.24) is 5.32 Å². The van der Waals surface area contributed by atoms with E-state index in [9.17, 15) is 9.90 Å². The van der Waals surface area contributed by atoms with Crippen LogP contribution in [0, 0.1) is 6.92 Å². The Morgan fingerprint density at radius 1 is 1.40 bits per heavy atom. The van der Waals surface area contributed by atoms with Crippen LogP contribution >= 0.6 is 0 Å². The summed E-state index contributed by atoms with van der Waals surface area (Å²) in [6, 6.07) is 4.93. The Hall–Kier alpha value is -2.24. The van der Waals surface area contributed by atoms with E-state index in [1.165, 1.54) is 6.07 Å². The maximum Gasteiger partial charge on any atom is 0.255 e. The number of benzene rings is 1. The first-order chi connectivity index (χ1) is 9.41. The van der Waals surface area contributed by atoms with E-state index in [0.29, 0.717) is 18.4 Å². The molecule has 20 heavy (non-hydrogen) atoms. The molecule has 0 spiro atoms. The highest BCUT2D eigenvalue weighted by atomic mass is 16.4. The fraction of sp³-hybridized carbons (Fsp3) is 0.429. The molecule has 0 radical (unpaired) electrons. The topological polar surface area (TPSA) is 108 Å². The summed E-state index contributed by atoms with van der Waals surface area (Å²) in [5.41, 5.74) is 5.54. The maximum atomic E-state index is 12.3. The molecule has 0 bridgehead atoms. The smallest absolute Gasteiger partial charge is 0.255 e. The second kappa shape index (κ2) is 6.27. The number of phenolic OH excluding ortho intramolecular Hbond substituents is 1. The van der Waals surface area contributed by atoms with Crippen LogP contribution in [0.4, 0.5) is 0 Å². The summed E-state index contributed by atoms with van der Waals surface area (Å²) in [4.78, 5) is 12.3. The van der Waals surface area contributed by atoms with Crippen LogP contribution in [0.25, 0.3) is 0 Å². The van der Waals surface area contributed by atoms with E-state index >= 15 is 0 Å². The highest BCUT2D eigenvalue weighted by Gasteiger charge is 2.34. The standard InChI is InChI=1S/C14H21N3O3/c1-4-14(5-2,13(15)17-20)16-12(19)10-8-6-7-9(3)11(10)18/h6-8,18,20H,4-5H2,1-3H3,(H2,15,17)(H,16,19). The Balaban J connectivity index is 3.12. The lowest BCUT2D eigenvalue weighted by atomic mass is 9.90. The number of carbonyl (C=O) groups is 1. The van der Waals surface area contributed by atoms with Gasteiger partial charge in [-0.25, -0.2) is 0 Å². The van der Waals surface area contributed by atoms with Crippen molar-refractivity contribution in [2.75, 3.05) is 0 Å². The summed E-state index contributed by atoms with van der Waals surface area (Å²) in [6.45, 7) is 5.37. The molecule has 5 N–H and O–H groups in total. The van der Waals surface area contributed by atoms with Gasteiger partial charge in [-0.2, -0.15) is 0 Å².